The van der Waals surface area contributed by atoms with Gasteiger partial charge in [-0.15, -0.1) is 11.6 Å². The van der Waals surface area contributed by atoms with Crippen molar-refractivity contribution >= 4 is 11.6 Å². The van der Waals surface area contributed by atoms with Crippen molar-refractivity contribution in [3.63, 3.8) is 0 Å². The molecule has 1 nitrogen and oxygen atoms in total. The molecule has 2 atom stereocenters. The minimum Gasteiger partial charge on any atom is -0.494 e. The van der Waals surface area contributed by atoms with E-state index < -0.39 is 0 Å². The number of hydrogen-bond donors (Lipinski definition) is 0. The van der Waals surface area contributed by atoms with Gasteiger partial charge in [-0.2, -0.15) is 0 Å². The molecular weight excluding hydrogens is 287 g/mol. The van der Waals surface area contributed by atoms with Crippen molar-refractivity contribution < 1.29 is 9.13 Å². The maximum absolute atomic E-state index is 13.8. The molecule has 2 aromatic carbocycles. The van der Waals surface area contributed by atoms with E-state index in [2.05, 4.69) is 24.3 Å². The molecule has 0 saturated carbocycles. The Bertz CT molecular complexity index is 641. The zero-order valence-electron chi connectivity index (χ0n) is 12.0. The van der Waals surface area contributed by atoms with E-state index in [0.717, 1.165) is 24.8 Å². The van der Waals surface area contributed by atoms with Crippen LogP contribution in [-0.2, 0) is 12.8 Å². The molecule has 3 rings (SSSR count). The number of hydrogen-bond acceptors (Lipinski definition) is 1. The van der Waals surface area contributed by atoms with Crippen molar-refractivity contribution in [3.05, 3.63) is 65.0 Å². The Morgan fingerprint density at radius 2 is 1.95 bits per heavy atom. The van der Waals surface area contributed by atoms with E-state index in [1.165, 1.54) is 24.3 Å². The topological polar surface area (TPSA) is 9.23 Å². The van der Waals surface area contributed by atoms with Gasteiger partial charge in [0.2, 0.25) is 0 Å². The SMILES string of the molecule is COc1ccc(C(Cl)C2CCc3ccccc3C2)cc1F. The number of ether oxygens (including phenoxy) is 1. The van der Waals surface area contributed by atoms with Crippen LogP contribution in [0.3, 0.4) is 0 Å². The van der Waals surface area contributed by atoms with Crippen LogP contribution < -0.4 is 4.74 Å². The first-order chi connectivity index (χ1) is 10.2. The molecule has 0 N–H and O–H groups in total. The van der Waals surface area contributed by atoms with Crippen molar-refractivity contribution in [2.45, 2.75) is 24.6 Å². The normalized spacial score (nSPS) is 18.9. The molecule has 0 fully saturated rings. The molecular formula is C18H18ClFO. The van der Waals surface area contributed by atoms with Gasteiger partial charge in [0.15, 0.2) is 11.6 Å². The molecule has 0 radical (unpaired) electrons. The number of halogens is 2. The lowest BCUT2D eigenvalue weighted by Gasteiger charge is -2.28. The highest BCUT2D eigenvalue weighted by molar-refractivity contribution is 6.21. The Morgan fingerprint density at radius 1 is 1.19 bits per heavy atom. The Labute approximate surface area is 129 Å². The van der Waals surface area contributed by atoms with Gasteiger partial charge in [0.25, 0.3) is 0 Å². The number of methoxy groups -OCH3 is 1. The van der Waals surface area contributed by atoms with Crippen LogP contribution in [0.1, 0.15) is 28.5 Å². The Hall–Kier alpha value is -1.54. The third kappa shape index (κ3) is 2.91. The van der Waals surface area contributed by atoms with E-state index in [-0.39, 0.29) is 16.9 Å². The average molecular weight is 305 g/mol. The lowest BCUT2D eigenvalue weighted by atomic mass is 9.80. The second-order valence-electron chi connectivity index (χ2n) is 5.57. The van der Waals surface area contributed by atoms with E-state index >= 15 is 0 Å². The quantitative estimate of drug-likeness (QED) is 0.731. The highest BCUT2D eigenvalue weighted by Gasteiger charge is 2.26. The molecule has 2 unspecified atom stereocenters. The van der Waals surface area contributed by atoms with Crippen molar-refractivity contribution in [3.8, 4) is 5.75 Å². The van der Waals surface area contributed by atoms with Gasteiger partial charge in [-0.25, -0.2) is 4.39 Å². The van der Waals surface area contributed by atoms with Gasteiger partial charge in [-0.3, -0.25) is 0 Å². The maximum atomic E-state index is 13.8. The first-order valence-corrected chi connectivity index (χ1v) is 7.67. The molecule has 110 valence electrons. The van der Waals surface area contributed by atoms with E-state index in [4.69, 9.17) is 16.3 Å². The lowest BCUT2D eigenvalue weighted by Crippen LogP contribution is -2.18. The Morgan fingerprint density at radius 3 is 2.67 bits per heavy atom. The molecule has 0 saturated heterocycles. The van der Waals surface area contributed by atoms with E-state index in [1.54, 1.807) is 6.07 Å². The van der Waals surface area contributed by atoms with Crippen LogP contribution in [0.15, 0.2) is 42.5 Å². The van der Waals surface area contributed by atoms with Crippen LogP contribution in [-0.4, -0.2) is 7.11 Å². The Kier molecular flexibility index (Phi) is 4.16. The number of alkyl halides is 1. The van der Waals surface area contributed by atoms with Gasteiger partial charge in [0, 0.05) is 0 Å². The highest BCUT2D eigenvalue weighted by atomic mass is 35.5. The fourth-order valence-corrected chi connectivity index (χ4v) is 3.45. The fourth-order valence-electron chi connectivity index (χ4n) is 3.10. The minimum absolute atomic E-state index is 0.168. The minimum atomic E-state index is -0.350. The van der Waals surface area contributed by atoms with Crippen molar-refractivity contribution in [1.82, 2.24) is 0 Å². The Balaban J connectivity index is 1.80. The zero-order valence-corrected chi connectivity index (χ0v) is 12.7. The standard InChI is InChI=1S/C18H18ClFO/c1-21-17-9-8-15(11-16(17)20)18(19)14-7-6-12-4-2-3-5-13(12)10-14/h2-5,8-9,11,14,18H,6-7,10H2,1H3. The summed E-state index contributed by atoms with van der Waals surface area (Å²) in [6.45, 7) is 0. The van der Waals surface area contributed by atoms with Gasteiger partial charge in [0.1, 0.15) is 0 Å². The van der Waals surface area contributed by atoms with Crippen LogP contribution in [0.5, 0.6) is 5.75 Å². The first kappa shape index (κ1) is 14.4. The van der Waals surface area contributed by atoms with Crippen molar-refractivity contribution in [2.75, 3.05) is 7.11 Å². The van der Waals surface area contributed by atoms with Gasteiger partial charge in [0.05, 0.1) is 12.5 Å². The predicted molar refractivity (Wildman–Crippen MR) is 83.5 cm³/mol. The van der Waals surface area contributed by atoms with Gasteiger partial charge in [-0.1, -0.05) is 30.3 Å². The lowest BCUT2D eigenvalue weighted by molar-refractivity contribution is 0.385. The van der Waals surface area contributed by atoms with Gasteiger partial charge in [-0.05, 0) is 54.0 Å². The molecule has 0 amide bonds. The zero-order chi connectivity index (χ0) is 14.8. The summed E-state index contributed by atoms with van der Waals surface area (Å²) in [6, 6.07) is 13.5. The molecule has 0 aliphatic heterocycles. The van der Waals surface area contributed by atoms with Crippen LogP contribution in [0.4, 0.5) is 4.39 Å². The van der Waals surface area contributed by atoms with Crippen LogP contribution >= 0.6 is 11.6 Å². The highest BCUT2D eigenvalue weighted by Crippen LogP contribution is 2.39. The number of benzene rings is 2. The summed E-state index contributed by atoms with van der Waals surface area (Å²) in [6.07, 6.45) is 3.04. The third-order valence-corrected chi connectivity index (χ3v) is 4.90. The number of rotatable bonds is 3. The molecule has 1 aliphatic rings. The number of fused-ring (bicyclic) bond motifs is 1. The van der Waals surface area contributed by atoms with Crippen LogP contribution in [0.25, 0.3) is 0 Å². The molecule has 0 aromatic heterocycles. The molecule has 3 heteroatoms. The summed E-state index contributed by atoms with van der Waals surface area (Å²) in [4.78, 5) is 0. The summed E-state index contributed by atoms with van der Waals surface area (Å²) in [7, 11) is 1.47. The van der Waals surface area contributed by atoms with Gasteiger partial charge < -0.3 is 4.74 Å². The van der Waals surface area contributed by atoms with E-state index in [9.17, 15) is 4.39 Å². The number of aryl methyl sites for hydroxylation is 1. The molecule has 0 spiro atoms. The summed E-state index contributed by atoms with van der Waals surface area (Å²) in [5.74, 6) is 0.253. The molecule has 2 aromatic rings. The summed E-state index contributed by atoms with van der Waals surface area (Å²) in [5.41, 5.74) is 3.62. The maximum Gasteiger partial charge on any atom is 0.165 e. The summed E-state index contributed by atoms with van der Waals surface area (Å²) >= 11 is 6.61. The van der Waals surface area contributed by atoms with Crippen LogP contribution in [0.2, 0.25) is 0 Å². The van der Waals surface area contributed by atoms with Crippen molar-refractivity contribution in [2.24, 2.45) is 5.92 Å². The van der Waals surface area contributed by atoms with Gasteiger partial charge >= 0.3 is 0 Å². The molecule has 0 bridgehead atoms. The van der Waals surface area contributed by atoms with Crippen LogP contribution in [0, 0.1) is 11.7 Å². The third-order valence-electron chi connectivity index (χ3n) is 4.29. The molecule has 21 heavy (non-hydrogen) atoms. The predicted octanol–water partition coefficient (Wildman–Crippen LogP) is 4.92. The summed E-state index contributed by atoms with van der Waals surface area (Å²) < 4.78 is 18.8. The first-order valence-electron chi connectivity index (χ1n) is 7.23. The fraction of sp³-hybridized carbons (Fsp3) is 0.333. The molecule has 1 aliphatic carbocycles. The molecule has 0 heterocycles. The second-order valence-corrected chi connectivity index (χ2v) is 6.04. The van der Waals surface area contributed by atoms with E-state index in [1.807, 2.05) is 6.07 Å². The van der Waals surface area contributed by atoms with Crippen molar-refractivity contribution in [1.29, 1.82) is 0 Å². The average Bonchev–Trinajstić information content (AvgIpc) is 2.53. The summed E-state index contributed by atoms with van der Waals surface area (Å²) in [5, 5.41) is -0.168. The largest absolute Gasteiger partial charge is 0.494 e. The smallest absolute Gasteiger partial charge is 0.165 e. The monoisotopic (exact) mass is 304 g/mol. The van der Waals surface area contributed by atoms with E-state index in [0.29, 0.717) is 5.92 Å². The second kappa shape index (κ2) is 6.07.